The molecule has 0 aliphatic carbocycles. The monoisotopic (exact) mass is 429 g/mol. The van der Waals surface area contributed by atoms with Gasteiger partial charge in [-0.05, 0) is 49.4 Å². The van der Waals surface area contributed by atoms with E-state index < -0.39 is 0 Å². The zero-order chi connectivity index (χ0) is 22.2. The number of ether oxygens (including phenoxy) is 3. The fourth-order valence-corrected chi connectivity index (χ4v) is 3.66. The minimum absolute atomic E-state index is 0.145. The van der Waals surface area contributed by atoms with Crippen LogP contribution in [-0.4, -0.2) is 25.6 Å². The fraction of sp³-hybridized carbons (Fsp3) is 0.120. The number of methoxy groups -OCH3 is 1. The molecule has 32 heavy (non-hydrogen) atoms. The van der Waals surface area contributed by atoms with Crippen LogP contribution in [0.1, 0.15) is 32.0 Å². The summed E-state index contributed by atoms with van der Waals surface area (Å²) >= 11 is 0. The fourth-order valence-electron chi connectivity index (χ4n) is 3.66. The summed E-state index contributed by atoms with van der Waals surface area (Å²) in [4.78, 5) is 25.7. The van der Waals surface area contributed by atoms with Gasteiger partial charge in [0.15, 0.2) is 17.3 Å². The predicted molar refractivity (Wildman–Crippen MR) is 118 cm³/mol. The summed E-state index contributed by atoms with van der Waals surface area (Å²) in [5, 5.41) is 3.65. The second kappa shape index (κ2) is 7.77. The Morgan fingerprint density at radius 2 is 1.78 bits per heavy atom. The molecule has 7 nitrogen and oxygen atoms in total. The summed E-state index contributed by atoms with van der Waals surface area (Å²) in [6.07, 6.45) is 0. The van der Waals surface area contributed by atoms with E-state index in [1.807, 2.05) is 13.0 Å². The summed E-state index contributed by atoms with van der Waals surface area (Å²) in [5.74, 6) is 1.48. The van der Waals surface area contributed by atoms with Gasteiger partial charge in [-0.3, -0.25) is 9.59 Å². The van der Waals surface area contributed by atoms with E-state index in [1.54, 1.807) is 61.7 Å². The average molecular weight is 429 g/mol. The SMILES string of the molecule is COc1cccc(C(=O)c2oc3cc(NC(=O)c4ccc5c(c4)OCO5)ccc3c2C)c1. The summed E-state index contributed by atoms with van der Waals surface area (Å²) in [6, 6.07) is 17.2. The molecule has 0 unspecified atom stereocenters. The highest BCUT2D eigenvalue weighted by Crippen LogP contribution is 2.33. The molecular weight excluding hydrogens is 410 g/mol. The van der Waals surface area contributed by atoms with E-state index in [0.717, 1.165) is 10.9 Å². The zero-order valence-electron chi connectivity index (χ0n) is 17.4. The number of carbonyl (C=O) groups excluding carboxylic acids is 2. The molecule has 5 rings (SSSR count). The van der Waals surface area contributed by atoms with Crippen LogP contribution in [0.5, 0.6) is 17.2 Å². The van der Waals surface area contributed by atoms with Crippen LogP contribution in [0.15, 0.2) is 65.1 Å². The Bertz CT molecular complexity index is 1370. The Kier molecular flexibility index (Phi) is 4.78. The smallest absolute Gasteiger partial charge is 0.255 e. The molecule has 1 amide bonds. The first-order valence-electron chi connectivity index (χ1n) is 9.96. The highest BCUT2D eigenvalue weighted by molar-refractivity contribution is 6.11. The standard InChI is InChI=1S/C25H19NO6/c1-14-19-8-7-17(26-25(28)16-6-9-20-22(11-16)31-13-30-20)12-21(19)32-24(14)23(27)15-4-3-5-18(10-15)29-2/h3-12H,13H2,1-2H3,(H,26,28). The molecule has 1 aromatic heterocycles. The van der Waals surface area contributed by atoms with Crippen LogP contribution >= 0.6 is 0 Å². The van der Waals surface area contributed by atoms with E-state index >= 15 is 0 Å². The summed E-state index contributed by atoms with van der Waals surface area (Å²) in [6.45, 7) is 1.98. The van der Waals surface area contributed by atoms with Crippen molar-refractivity contribution in [3.8, 4) is 17.2 Å². The van der Waals surface area contributed by atoms with Crippen molar-refractivity contribution in [3.05, 3.63) is 83.1 Å². The van der Waals surface area contributed by atoms with Crippen molar-refractivity contribution in [2.75, 3.05) is 19.2 Å². The number of aryl methyl sites for hydroxylation is 1. The summed E-state index contributed by atoms with van der Waals surface area (Å²) < 4.78 is 21.7. The lowest BCUT2D eigenvalue weighted by atomic mass is 10.0. The van der Waals surface area contributed by atoms with E-state index in [-0.39, 0.29) is 24.2 Å². The van der Waals surface area contributed by atoms with Crippen LogP contribution in [0, 0.1) is 6.92 Å². The molecule has 0 fully saturated rings. The maximum Gasteiger partial charge on any atom is 0.255 e. The largest absolute Gasteiger partial charge is 0.497 e. The molecular formula is C25H19NO6. The summed E-state index contributed by atoms with van der Waals surface area (Å²) in [7, 11) is 1.55. The Hall–Kier alpha value is -4.26. The number of amides is 1. The molecule has 3 aromatic carbocycles. The van der Waals surface area contributed by atoms with Crippen LogP contribution in [0.3, 0.4) is 0 Å². The topological polar surface area (TPSA) is 87.0 Å². The number of carbonyl (C=O) groups is 2. The molecule has 0 atom stereocenters. The number of benzene rings is 3. The molecule has 7 heteroatoms. The number of fused-ring (bicyclic) bond motifs is 2. The number of nitrogens with one attached hydrogen (secondary N) is 1. The lowest BCUT2D eigenvalue weighted by molar-refractivity contribution is 0.101. The van der Waals surface area contributed by atoms with E-state index in [9.17, 15) is 9.59 Å². The number of furan rings is 1. The second-order valence-electron chi connectivity index (χ2n) is 7.35. The summed E-state index contributed by atoms with van der Waals surface area (Å²) in [5.41, 5.74) is 2.72. The van der Waals surface area contributed by atoms with Crippen LogP contribution < -0.4 is 19.5 Å². The van der Waals surface area contributed by atoms with Crippen molar-refractivity contribution in [1.29, 1.82) is 0 Å². The number of rotatable bonds is 5. The molecule has 0 saturated carbocycles. The van der Waals surface area contributed by atoms with Gasteiger partial charge < -0.3 is 23.9 Å². The van der Waals surface area contributed by atoms with Gasteiger partial charge in [0, 0.05) is 33.8 Å². The molecule has 1 aliphatic heterocycles. The molecule has 0 spiro atoms. The number of anilines is 1. The Balaban J connectivity index is 1.42. The van der Waals surface area contributed by atoms with Gasteiger partial charge in [-0.2, -0.15) is 0 Å². The van der Waals surface area contributed by atoms with Crippen LogP contribution in [0.25, 0.3) is 11.0 Å². The first-order chi connectivity index (χ1) is 15.5. The van der Waals surface area contributed by atoms with Crippen LogP contribution in [0.4, 0.5) is 5.69 Å². The lowest BCUT2D eigenvalue weighted by Crippen LogP contribution is -2.11. The average Bonchev–Trinajstić information content (AvgIpc) is 3.42. The van der Waals surface area contributed by atoms with Gasteiger partial charge in [-0.25, -0.2) is 0 Å². The zero-order valence-corrected chi connectivity index (χ0v) is 17.4. The molecule has 0 radical (unpaired) electrons. The van der Waals surface area contributed by atoms with Crippen molar-refractivity contribution in [1.82, 2.24) is 0 Å². The second-order valence-corrected chi connectivity index (χ2v) is 7.35. The van der Waals surface area contributed by atoms with Gasteiger partial charge in [-0.1, -0.05) is 12.1 Å². The first-order valence-corrected chi connectivity index (χ1v) is 9.96. The highest BCUT2D eigenvalue weighted by Gasteiger charge is 2.21. The Morgan fingerprint density at radius 3 is 2.62 bits per heavy atom. The van der Waals surface area contributed by atoms with Crippen molar-refractivity contribution in [3.63, 3.8) is 0 Å². The molecule has 160 valence electrons. The van der Waals surface area contributed by atoms with Gasteiger partial charge in [0.25, 0.3) is 5.91 Å². The highest BCUT2D eigenvalue weighted by atomic mass is 16.7. The molecule has 4 aromatic rings. The maximum absolute atomic E-state index is 13.0. The van der Waals surface area contributed by atoms with Crippen molar-refractivity contribution < 1.29 is 28.2 Å². The minimum Gasteiger partial charge on any atom is -0.497 e. The molecule has 0 saturated heterocycles. The van der Waals surface area contributed by atoms with Gasteiger partial charge >= 0.3 is 0 Å². The Morgan fingerprint density at radius 1 is 0.938 bits per heavy atom. The van der Waals surface area contributed by atoms with Crippen molar-refractivity contribution in [2.45, 2.75) is 6.92 Å². The third-order valence-corrected chi connectivity index (χ3v) is 5.37. The molecule has 1 aliphatic rings. The lowest BCUT2D eigenvalue weighted by Gasteiger charge is -2.06. The number of hydrogen-bond donors (Lipinski definition) is 1. The number of hydrogen-bond acceptors (Lipinski definition) is 6. The van der Waals surface area contributed by atoms with Gasteiger partial charge in [0.1, 0.15) is 11.3 Å². The molecule has 0 bridgehead atoms. The van der Waals surface area contributed by atoms with Gasteiger partial charge in [-0.15, -0.1) is 0 Å². The van der Waals surface area contributed by atoms with Crippen LogP contribution in [0.2, 0.25) is 0 Å². The first kappa shape index (κ1) is 19.7. The molecule has 1 N–H and O–H groups in total. The minimum atomic E-state index is -0.293. The predicted octanol–water partition coefficient (Wildman–Crippen LogP) is 4.96. The third-order valence-electron chi connectivity index (χ3n) is 5.37. The van der Waals surface area contributed by atoms with E-state index in [2.05, 4.69) is 5.32 Å². The van der Waals surface area contributed by atoms with Gasteiger partial charge in [0.2, 0.25) is 12.6 Å². The van der Waals surface area contributed by atoms with Crippen molar-refractivity contribution in [2.24, 2.45) is 0 Å². The van der Waals surface area contributed by atoms with Gasteiger partial charge in [0.05, 0.1) is 7.11 Å². The quantitative estimate of drug-likeness (QED) is 0.451. The van der Waals surface area contributed by atoms with E-state index in [4.69, 9.17) is 18.6 Å². The maximum atomic E-state index is 13.0. The number of ketones is 1. The molecule has 2 heterocycles. The normalized spacial score (nSPS) is 12.1. The van der Waals surface area contributed by atoms with Crippen LogP contribution in [-0.2, 0) is 0 Å². The third kappa shape index (κ3) is 3.43. The Labute approximate surface area is 183 Å². The van der Waals surface area contributed by atoms with Crippen molar-refractivity contribution >= 4 is 28.3 Å². The van der Waals surface area contributed by atoms with E-state index in [1.165, 1.54) is 0 Å². The van der Waals surface area contributed by atoms with E-state index in [0.29, 0.717) is 39.6 Å².